The first kappa shape index (κ1) is 13.3. The molecule has 0 radical (unpaired) electrons. The Kier molecular flexibility index (Phi) is 4.58. The average molecular weight is 250 g/mol. The van der Waals surface area contributed by atoms with Gasteiger partial charge in [0.2, 0.25) is 0 Å². The van der Waals surface area contributed by atoms with E-state index in [9.17, 15) is 5.11 Å². The van der Waals surface area contributed by atoms with Crippen molar-refractivity contribution in [1.29, 1.82) is 0 Å². The van der Waals surface area contributed by atoms with E-state index in [1.807, 2.05) is 24.3 Å². The lowest BCUT2D eigenvalue weighted by atomic mass is 10.1. The van der Waals surface area contributed by atoms with Gasteiger partial charge in [0.1, 0.15) is 5.75 Å². The monoisotopic (exact) mass is 250 g/mol. The average Bonchev–Trinajstić information content (AvgIpc) is 2.41. The number of piperazine rings is 1. The Bertz CT molecular complexity index is 376. The Morgan fingerprint density at radius 1 is 1.28 bits per heavy atom. The van der Waals surface area contributed by atoms with Gasteiger partial charge in [-0.15, -0.1) is 0 Å². The minimum absolute atomic E-state index is 0.441. The van der Waals surface area contributed by atoms with E-state index in [1.54, 1.807) is 7.11 Å². The second kappa shape index (κ2) is 6.18. The van der Waals surface area contributed by atoms with Crippen LogP contribution >= 0.6 is 0 Å². The van der Waals surface area contributed by atoms with E-state index in [2.05, 4.69) is 16.8 Å². The van der Waals surface area contributed by atoms with Gasteiger partial charge in [-0.2, -0.15) is 0 Å². The fourth-order valence-corrected chi connectivity index (χ4v) is 2.23. The Balaban J connectivity index is 1.92. The lowest BCUT2D eigenvalue weighted by molar-refractivity contribution is 0.0804. The molecular formula is C14H22N2O2. The number of rotatable bonds is 4. The van der Waals surface area contributed by atoms with Gasteiger partial charge >= 0.3 is 0 Å². The summed E-state index contributed by atoms with van der Waals surface area (Å²) in [7, 11) is 3.78. The second-order valence-electron chi connectivity index (χ2n) is 4.90. The summed E-state index contributed by atoms with van der Waals surface area (Å²) in [4.78, 5) is 4.62. The molecule has 1 aliphatic rings. The Morgan fingerprint density at radius 2 is 2.00 bits per heavy atom. The second-order valence-corrected chi connectivity index (χ2v) is 4.90. The summed E-state index contributed by atoms with van der Waals surface area (Å²) in [5.74, 6) is 0.796. The summed E-state index contributed by atoms with van der Waals surface area (Å²) in [6.07, 6.45) is -0.441. The van der Waals surface area contributed by atoms with Crippen LogP contribution < -0.4 is 4.74 Å². The van der Waals surface area contributed by atoms with Crippen molar-refractivity contribution in [3.63, 3.8) is 0 Å². The molecule has 0 amide bonds. The Hall–Kier alpha value is -1.10. The molecule has 1 aromatic rings. The van der Waals surface area contributed by atoms with E-state index in [-0.39, 0.29) is 0 Å². The van der Waals surface area contributed by atoms with Crippen LogP contribution in [0.5, 0.6) is 5.75 Å². The van der Waals surface area contributed by atoms with E-state index < -0.39 is 6.10 Å². The molecular weight excluding hydrogens is 228 g/mol. The quantitative estimate of drug-likeness (QED) is 0.864. The Morgan fingerprint density at radius 3 is 2.67 bits per heavy atom. The highest BCUT2D eigenvalue weighted by molar-refractivity contribution is 5.29. The van der Waals surface area contributed by atoms with E-state index in [0.29, 0.717) is 6.54 Å². The highest BCUT2D eigenvalue weighted by Crippen LogP contribution is 2.20. The summed E-state index contributed by atoms with van der Waals surface area (Å²) < 4.78 is 5.18. The van der Waals surface area contributed by atoms with E-state index in [1.165, 1.54) is 0 Å². The molecule has 18 heavy (non-hydrogen) atoms. The molecule has 1 aliphatic heterocycles. The number of hydrogen-bond donors (Lipinski definition) is 1. The predicted octanol–water partition coefficient (Wildman–Crippen LogP) is 0.976. The van der Waals surface area contributed by atoms with Crippen LogP contribution in [0.25, 0.3) is 0 Å². The number of β-amino-alcohol motifs (C(OH)–C–C–N with tert-alkyl or cyclic N) is 1. The van der Waals surface area contributed by atoms with Gasteiger partial charge in [0.05, 0.1) is 13.2 Å². The standard InChI is InChI=1S/C14H22N2O2/c1-15-6-8-16(9-7-15)11-14(17)12-4-3-5-13(10-12)18-2/h3-5,10,14,17H,6-9,11H2,1-2H3. The van der Waals surface area contributed by atoms with Crippen molar-refractivity contribution in [2.75, 3.05) is 46.9 Å². The van der Waals surface area contributed by atoms with Crippen LogP contribution in [0.4, 0.5) is 0 Å². The van der Waals surface area contributed by atoms with Gasteiger partial charge in [0.15, 0.2) is 0 Å². The zero-order valence-electron chi connectivity index (χ0n) is 11.2. The predicted molar refractivity (Wildman–Crippen MR) is 71.9 cm³/mol. The molecule has 100 valence electrons. The van der Waals surface area contributed by atoms with Gasteiger partial charge < -0.3 is 14.7 Å². The molecule has 1 heterocycles. The number of ether oxygens (including phenoxy) is 1. The lowest BCUT2D eigenvalue weighted by Gasteiger charge is -2.33. The van der Waals surface area contributed by atoms with Crippen LogP contribution in [0.2, 0.25) is 0 Å². The lowest BCUT2D eigenvalue weighted by Crippen LogP contribution is -2.45. The topological polar surface area (TPSA) is 35.9 Å². The maximum atomic E-state index is 10.2. The molecule has 1 unspecified atom stereocenters. The highest BCUT2D eigenvalue weighted by Gasteiger charge is 2.18. The molecule has 2 rings (SSSR count). The summed E-state index contributed by atoms with van der Waals surface area (Å²) >= 11 is 0. The third-order valence-corrected chi connectivity index (χ3v) is 3.51. The summed E-state index contributed by atoms with van der Waals surface area (Å²) in [6, 6.07) is 7.66. The van der Waals surface area contributed by atoms with Gasteiger partial charge in [-0.1, -0.05) is 12.1 Å². The summed E-state index contributed by atoms with van der Waals surface area (Å²) in [6.45, 7) is 4.89. The van der Waals surface area contributed by atoms with Crippen molar-refractivity contribution < 1.29 is 9.84 Å². The molecule has 0 spiro atoms. The summed E-state index contributed by atoms with van der Waals surface area (Å²) in [5.41, 5.74) is 0.924. The number of benzene rings is 1. The number of nitrogens with zero attached hydrogens (tertiary/aromatic N) is 2. The van der Waals surface area contributed by atoms with Crippen molar-refractivity contribution in [1.82, 2.24) is 9.80 Å². The van der Waals surface area contributed by atoms with Gasteiger partial charge in [0.25, 0.3) is 0 Å². The van der Waals surface area contributed by atoms with Crippen molar-refractivity contribution in [2.45, 2.75) is 6.10 Å². The molecule has 0 aromatic heterocycles. The van der Waals surface area contributed by atoms with E-state index in [0.717, 1.165) is 37.5 Å². The fourth-order valence-electron chi connectivity index (χ4n) is 2.23. The first-order valence-electron chi connectivity index (χ1n) is 6.42. The normalized spacial score (nSPS) is 19.7. The van der Waals surface area contributed by atoms with Crippen LogP contribution in [0, 0.1) is 0 Å². The largest absolute Gasteiger partial charge is 0.497 e. The maximum Gasteiger partial charge on any atom is 0.119 e. The molecule has 0 bridgehead atoms. The smallest absolute Gasteiger partial charge is 0.119 e. The molecule has 4 nitrogen and oxygen atoms in total. The van der Waals surface area contributed by atoms with Crippen molar-refractivity contribution >= 4 is 0 Å². The maximum absolute atomic E-state index is 10.2. The van der Waals surface area contributed by atoms with E-state index >= 15 is 0 Å². The number of hydrogen-bond acceptors (Lipinski definition) is 4. The third kappa shape index (κ3) is 3.45. The molecule has 4 heteroatoms. The third-order valence-electron chi connectivity index (χ3n) is 3.51. The number of likely N-dealkylation sites (N-methyl/N-ethyl adjacent to an activating group) is 1. The molecule has 0 saturated carbocycles. The van der Waals surface area contributed by atoms with Crippen molar-refractivity contribution in [2.24, 2.45) is 0 Å². The SMILES string of the molecule is COc1cccc(C(O)CN2CCN(C)CC2)c1. The summed E-state index contributed by atoms with van der Waals surface area (Å²) in [5, 5.41) is 10.2. The van der Waals surface area contributed by atoms with E-state index in [4.69, 9.17) is 4.74 Å². The van der Waals surface area contributed by atoms with Gasteiger partial charge in [-0.25, -0.2) is 0 Å². The first-order valence-corrected chi connectivity index (χ1v) is 6.42. The number of aliphatic hydroxyl groups is 1. The van der Waals surface area contributed by atoms with Crippen molar-refractivity contribution in [3.05, 3.63) is 29.8 Å². The molecule has 1 aromatic carbocycles. The molecule has 1 atom stereocenters. The molecule has 1 saturated heterocycles. The first-order chi connectivity index (χ1) is 8.69. The number of methoxy groups -OCH3 is 1. The van der Waals surface area contributed by atoms with Crippen molar-refractivity contribution in [3.8, 4) is 5.75 Å². The van der Waals surface area contributed by atoms with Gasteiger partial charge in [0, 0.05) is 32.7 Å². The molecule has 0 aliphatic carbocycles. The fraction of sp³-hybridized carbons (Fsp3) is 0.571. The zero-order chi connectivity index (χ0) is 13.0. The zero-order valence-corrected chi connectivity index (χ0v) is 11.2. The van der Waals surface area contributed by atoms with Gasteiger partial charge in [-0.05, 0) is 24.7 Å². The van der Waals surface area contributed by atoms with Crippen LogP contribution in [0.15, 0.2) is 24.3 Å². The molecule has 1 fully saturated rings. The van der Waals surface area contributed by atoms with Crippen LogP contribution in [0.1, 0.15) is 11.7 Å². The van der Waals surface area contributed by atoms with Crippen LogP contribution in [-0.2, 0) is 0 Å². The highest BCUT2D eigenvalue weighted by atomic mass is 16.5. The minimum atomic E-state index is -0.441. The van der Waals surface area contributed by atoms with Crippen LogP contribution in [0.3, 0.4) is 0 Å². The number of aliphatic hydroxyl groups excluding tert-OH is 1. The molecule has 1 N–H and O–H groups in total. The minimum Gasteiger partial charge on any atom is -0.497 e. The van der Waals surface area contributed by atoms with Crippen LogP contribution in [-0.4, -0.2) is 61.8 Å². The van der Waals surface area contributed by atoms with Gasteiger partial charge in [-0.3, -0.25) is 4.90 Å². The Labute approximate surface area is 109 Å².